The van der Waals surface area contributed by atoms with Gasteiger partial charge in [-0.2, -0.15) is 0 Å². The molecule has 0 aliphatic rings. The monoisotopic (exact) mass is 502 g/mol. The minimum atomic E-state index is -0.703. The fourth-order valence-electron chi connectivity index (χ4n) is 2.86. The Labute approximate surface area is 193 Å². The highest BCUT2D eigenvalue weighted by Gasteiger charge is 2.27. The van der Waals surface area contributed by atoms with E-state index >= 15 is 0 Å². The molecule has 0 bridgehead atoms. The number of nitrogens with one attached hydrogen (secondary N) is 2. The van der Waals surface area contributed by atoms with Crippen LogP contribution in [0.3, 0.4) is 0 Å². The number of methoxy groups -OCH3 is 1. The quantitative estimate of drug-likeness (QED) is 0.463. The predicted molar refractivity (Wildman–Crippen MR) is 125 cm³/mol. The Morgan fingerprint density at radius 1 is 1.16 bits per heavy atom. The number of ether oxygens (including phenoxy) is 1. The summed E-state index contributed by atoms with van der Waals surface area (Å²) in [5.41, 5.74) is 1.33. The Hall–Kier alpha value is -2.78. The molecule has 0 fully saturated rings. The van der Waals surface area contributed by atoms with Crippen molar-refractivity contribution in [2.75, 3.05) is 12.4 Å². The van der Waals surface area contributed by atoms with E-state index in [1.807, 2.05) is 38.1 Å². The smallest absolute Gasteiger partial charge is 0.251 e. The maximum atomic E-state index is 13.0. The maximum Gasteiger partial charge on any atom is 0.251 e. The van der Waals surface area contributed by atoms with Gasteiger partial charge in [0.15, 0.2) is 0 Å². The lowest BCUT2D eigenvalue weighted by molar-refractivity contribution is -0.119. The molecule has 2 N–H and O–H groups in total. The van der Waals surface area contributed by atoms with Crippen LogP contribution in [0.4, 0.5) is 5.13 Å². The summed E-state index contributed by atoms with van der Waals surface area (Å²) in [6.07, 6.45) is 0.726. The van der Waals surface area contributed by atoms with E-state index in [1.165, 1.54) is 11.3 Å². The molecule has 9 heteroatoms. The van der Waals surface area contributed by atoms with E-state index in [9.17, 15) is 9.59 Å². The first-order chi connectivity index (χ1) is 14.9. The molecule has 0 aliphatic heterocycles. The molecule has 2 atom stereocenters. The van der Waals surface area contributed by atoms with Crippen LogP contribution in [0.1, 0.15) is 30.6 Å². The van der Waals surface area contributed by atoms with E-state index in [-0.39, 0.29) is 17.7 Å². The van der Waals surface area contributed by atoms with Gasteiger partial charge < -0.3 is 10.1 Å². The van der Waals surface area contributed by atoms with E-state index in [0.29, 0.717) is 21.5 Å². The van der Waals surface area contributed by atoms with Gasteiger partial charge in [0.25, 0.3) is 5.91 Å². The summed E-state index contributed by atoms with van der Waals surface area (Å²) in [5, 5.41) is 14.9. The second-order valence-corrected chi connectivity index (χ2v) is 8.87. The predicted octanol–water partition coefficient (Wildman–Crippen LogP) is 4.76. The number of aromatic nitrogens is 2. The van der Waals surface area contributed by atoms with Gasteiger partial charge in [0, 0.05) is 15.6 Å². The van der Waals surface area contributed by atoms with Crippen LogP contribution in [0.15, 0.2) is 53.0 Å². The first kappa shape index (κ1) is 22.9. The molecule has 3 rings (SSSR count). The highest BCUT2D eigenvalue weighted by molar-refractivity contribution is 9.10. The highest BCUT2D eigenvalue weighted by Crippen LogP contribution is 2.29. The molecule has 0 spiro atoms. The number of carbonyl (C=O) groups is 2. The molecule has 2 aromatic carbocycles. The molecule has 2 amide bonds. The Morgan fingerprint density at radius 2 is 1.90 bits per heavy atom. The van der Waals surface area contributed by atoms with Crippen molar-refractivity contribution in [1.82, 2.24) is 15.5 Å². The van der Waals surface area contributed by atoms with Crippen LogP contribution < -0.4 is 15.4 Å². The summed E-state index contributed by atoms with van der Waals surface area (Å²) < 4.78 is 6.12. The minimum absolute atomic E-state index is 0.0647. The number of benzene rings is 2. The average molecular weight is 503 g/mol. The van der Waals surface area contributed by atoms with Crippen molar-refractivity contribution in [1.29, 1.82) is 0 Å². The lowest BCUT2D eigenvalue weighted by atomic mass is 9.98. The highest BCUT2D eigenvalue weighted by atomic mass is 79.9. The standard InChI is InChI=1S/C22H23BrN4O3S/c1-4-13(2)18(24-19(28)14-8-10-16(23)11-9-14)20(29)25-22-27-26-21(31-22)15-6-5-7-17(12-15)30-3/h5-13,18H,4H2,1-3H3,(H,24,28)(H,25,27,29). The molecule has 3 aromatic rings. The van der Waals surface area contributed by atoms with Crippen LogP contribution in [0, 0.1) is 5.92 Å². The number of halogens is 1. The Balaban J connectivity index is 1.73. The number of rotatable bonds is 8. The maximum absolute atomic E-state index is 13.0. The van der Waals surface area contributed by atoms with Crippen LogP contribution in [-0.4, -0.2) is 35.2 Å². The van der Waals surface area contributed by atoms with E-state index in [1.54, 1.807) is 31.4 Å². The number of amides is 2. The summed E-state index contributed by atoms with van der Waals surface area (Å²) >= 11 is 4.61. The summed E-state index contributed by atoms with van der Waals surface area (Å²) in [6.45, 7) is 3.90. The average Bonchev–Trinajstić information content (AvgIpc) is 3.25. The Kier molecular flexibility index (Phi) is 7.75. The van der Waals surface area contributed by atoms with Crippen LogP contribution in [0.25, 0.3) is 10.6 Å². The number of anilines is 1. The molecule has 31 heavy (non-hydrogen) atoms. The van der Waals surface area contributed by atoms with Gasteiger partial charge in [-0.3, -0.25) is 14.9 Å². The van der Waals surface area contributed by atoms with Crippen LogP contribution >= 0.6 is 27.3 Å². The third-order valence-corrected chi connectivity index (χ3v) is 6.28. The number of hydrogen-bond acceptors (Lipinski definition) is 6. The number of hydrogen-bond donors (Lipinski definition) is 2. The zero-order valence-electron chi connectivity index (χ0n) is 17.4. The molecule has 1 heterocycles. The SMILES string of the molecule is CCC(C)C(NC(=O)c1ccc(Br)cc1)C(=O)Nc1nnc(-c2cccc(OC)c2)s1. The van der Waals surface area contributed by atoms with Crippen LogP contribution in [-0.2, 0) is 4.79 Å². The first-order valence-corrected chi connectivity index (χ1v) is 11.4. The lowest BCUT2D eigenvalue weighted by Crippen LogP contribution is -2.47. The summed E-state index contributed by atoms with van der Waals surface area (Å²) in [6, 6.07) is 13.7. The zero-order chi connectivity index (χ0) is 22.4. The van der Waals surface area contributed by atoms with Gasteiger partial charge in [-0.25, -0.2) is 0 Å². The molecule has 0 saturated heterocycles. The Bertz CT molecular complexity index is 1050. The topological polar surface area (TPSA) is 93.2 Å². The van der Waals surface area contributed by atoms with Crippen molar-refractivity contribution in [3.8, 4) is 16.3 Å². The van der Waals surface area contributed by atoms with Crippen LogP contribution in [0.2, 0.25) is 0 Å². The van der Waals surface area contributed by atoms with Gasteiger partial charge in [0.2, 0.25) is 11.0 Å². The fourth-order valence-corrected chi connectivity index (χ4v) is 3.86. The van der Waals surface area contributed by atoms with Gasteiger partial charge in [-0.1, -0.05) is 59.7 Å². The van der Waals surface area contributed by atoms with E-state index in [4.69, 9.17) is 4.74 Å². The van der Waals surface area contributed by atoms with Gasteiger partial charge in [0.05, 0.1) is 7.11 Å². The molecule has 0 saturated carbocycles. The molecule has 1 aromatic heterocycles. The van der Waals surface area contributed by atoms with E-state index in [2.05, 4.69) is 36.8 Å². The first-order valence-electron chi connectivity index (χ1n) is 9.76. The lowest BCUT2D eigenvalue weighted by Gasteiger charge is -2.23. The number of nitrogens with zero attached hydrogens (tertiary/aromatic N) is 2. The molecular weight excluding hydrogens is 480 g/mol. The minimum Gasteiger partial charge on any atom is -0.497 e. The normalized spacial score (nSPS) is 12.6. The third-order valence-electron chi connectivity index (χ3n) is 4.86. The molecule has 0 radical (unpaired) electrons. The van der Waals surface area contributed by atoms with Crippen LogP contribution in [0.5, 0.6) is 5.75 Å². The number of carbonyl (C=O) groups excluding carboxylic acids is 2. The largest absolute Gasteiger partial charge is 0.497 e. The molecule has 162 valence electrons. The van der Waals surface area contributed by atoms with Crippen molar-refractivity contribution < 1.29 is 14.3 Å². The Morgan fingerprint density at radius 3 is 2.58 bits per heavy atom. The van der Waals surface area contributed by atoms with Crippen molar-refractivity contribution in [3.05, 3.63) is 58.6 Å². The van der Waals surface area contributed by atoms with Crippen molar-refractivity contribution in [2.45, 2.75) is 26.3 Å². The second-order valence-electron chi connectivity index (χ2n) is 6.98. The summed E-state index contributed by atoms with van der Waals surface area (Å²) in [5.74, 6) is 0.0198. The molecular formula is C22H23BrN4O3S. The van der Waals surface area contributed by atoms with Gasteiger partial charge in [-0.15, -0.1) is 10.2 Å². The van der Waals surface area contributed by atoms with Gasteiger partial charge >= 0.3 is 0 Å². The van der Waals surface area contributed by atoms with Crippen molar-refractivity contribution in [3.63, 3.8) is 0 Å². The molecule has 7 nitrogen and oxygen atoms in total. The third kappa shape index (κ3) is 5.89. The van der Waals surface area contributed by atoms with Gasteiger partial charge in [-0.05, 0) is 42.3 Å². The van der Waals surface area contributed by atoms with Crippen molar-refractivity contribution >= 4 is 44.2 Å². The van der Waals surface area contributed by atoms with Gasteiger partial charge in [0.1, 0.15) is 16.8 Å². The van der Waals surface area contributed by atoms with E-state index < -0.39 is 6.04 Å². The molecule has 0 aliphatic carbocycles. The zero-order valence-corrected chi connectivity index (χ0v) is 19.8. The summed E-state index contributed by atoms with van der Waals surface area (Å²) in [4.78, 5) is 25.6. The summed E-state index contributed by atoms with van der Waals surface area (Å²) in [7, 11) is 1.60. The van der Waals surface area contributed by atoms with Crippen molar-refractivity contribution in [2.24, 2.45) is 5.92 Å². The second kappa shape index (κ2) is 10.5. The van der Waals surface area contributed by atoms with E-state index in [0.717, 1.165) is 16.5 Å². The fraction of sp³-hybridized carbons (Fsp3) is 0.273. The molecule has 2 unspecified atom stereocenters.